The molecule has 1 amide bonds. The number of phenols is 1. The van der Waals surface area contributed by atoms with Gasteiger partial charge in [-0.3, -0.25) is 4.79 Å². The summed E-state index contributed by atoms with van der Waals surface area (Å²) in [4.78, 5) is 12.1. The predicted molar refractivity (Wildman–Crippen MR) is 137 cm³/mol. The Hall–Kier alpha value is -2.03. The van der Waals surface area contributed by atoms with Crippen LogP contribution in [0.5, 0.6) is 5.75 Å². The first-order chi connectivity index (χ1) is 15.6. The van der Waals surface area contributed by atoms with Crippen LogP contribution in [0.15, 0.2) is 30.3 Å². The van der Waals surface area contributed by atoms with Gasteiger partial charge in [0.2, 0.25) is 5.91 Å². The Morgan fingerprint density at radius 1 is 0.750 bits per heavy atom. The van der Waals surface area contributed by atoms with Gasteiger partial charge in [0.25, 0.3) is 0 Å². The Balaban J connectivity index is 1.55. The fourth-order valence-electron chi connectivity index (χ4n) is 4.76. The molecule has 0 saturated carbocycles. The minimum atomic E-state index is -0.455. The lowest BCUT2D eigenvalue weighted by Crippen LogP contribution is -2.14. The van der Waals surface area contributed by atoms with E-state index in [9.17, 15) is 9.90 Å². The Labute approximate surface area is 195 Å². The van der Waals surface area contributed by atoms with Crippen LogP contribution in [-0.4, -0.2) is 11.0 Å². The van der Waals surface area contributed by atoms with Crippen molar-refractivity contribution in [1.82, 2.24) is 0 Å². The first kappa shape index (κ1) is 26.2. The monoisotopic (exact) mass is 439 g/mol. The zero-order valence-electron chi connectivity index (χ0n) is 20.3. The van der Waals surface area contributed by atoms with Crippen molar-refractivity contribution in [3.05, 3.63) is 41.5 Å². The van der Waals surface area contributed by atoms with Gasteiger partial charge < -0.3 is 10.8 Å². The first-order valence-electron chi connectivity index (χ1n) is 13.2. The van der Waals surface area contributed by atoms with Crippen molar-refractivity contribution < 1.29 is 9.90 Å². The third kappa shape index (κ3) is 9.22. The number of hydrogen-bond acceptors (Lipinski definition) is 2. The molecule has 0 spiro atoms. The van der Waals surface area contributed by atoms with Gasteiger partial charge in [0.1, 0.15) is 5.75 Å². The third-order valence-corrected chi connectivity index (χ3v) is 6.66. The van der Waals surface area contributed by atoms with Crippen LogP contribution in [0.1, 0.15) is 126 Å². The zero-order chi connectivity index (χ0) is 23.0. The summed E-state index contributed by atoms with van der Waals surface area (Å²) in [5.41, 5.74) is 6.86. The number of nitrogens with two attached hydrogens (primary N) is 1. The number of phenolic OH excluding ortho intramolecular Hbond substituents is 1. The number of rotatable bonds is 18. The molecule has 0 aliphatic rings. The van der Waals surface area contributed by atoms with Gasteiger partial charge >= 0.3 is 0 Å². The topological polar surface area (TPSA) is 63.3 Å². The van der Waals surface area contributed by atoms with Crippen LogP contribution < -0.4 is 5.73 Å². The molecule has 32 heavy (non-hydrogen) atoms. The molecule has 2 aromatic carbocycles. The molecule has 0 unspecified atom stereocenters. The summed E-state index contributed by atoms with van der Waals surface area (Å²) in [6.07, 6.45) is 22.0. The Kier molecular flexibility index (Phi) is 12.9. The fraction of sp³-hybridized carbons (Fsp3) is 0.621. The molecule has 0 fully saturated rings. The van der Waals surface area contributed by atoms with Gasteiger partial charge in [-0.05, 0) is 29.7 Å². The van der Waals surface area contributed by atoms with Crippen molar-refractivity contribution in [1.29, 1.82) is 0 Å². The van der Waals surface area contributed by atoms with Crippen LogP contribution in [0.3, 0.4) is 0 Å². The van der Waals surface area contributed by atoms with Crippen molar-refractivity contribution in [3.8, 4) is 5.75 Å². The van der Waals surface area contributed by atoms with Crippen LogP contribution in [0.2, 0.25) is 0 Å². The average molecular weight is 440 g/mol. The molecule has 3 heteroatoms. The highest BCUT2D eigenvalue weighted by Gasteiger charge is 2.16. The number of aromatic hydroxyl groups is 1. The van der Waals surface area contributed by atoms with E-state index in [2.05, 4.69) is 6.92 Å². The summed E-state index contributed by atoms with van der Waals surface area (Å²) in [7, 11) is 0. The summed E-state index contributed by atoms with van der Waals surface area (Å²) in [5, 5.41) is 12.1. The second-order valence-electron chi connectivity index (χ2n) is 9.39. The van der Waals surface area contributed by atoms with Gasteiger partial charge in [0.05, 0.1) is 5.56 Å². The van der Waals surface area contributed by atoms with Gasteiger partial charge in [-0.2, -0.15) is 0 Å². The van der Waals surface area contributed by atoms with Gasteiger partial charge in [0.15, 0.2) is 0 Å². The molecule has 3 N–H and O–H groups in total. The molecule has 0 atom stereocenters. The highest BCUT2D eigenvalue weighted by Crippen LogP contribution is 2.31. The summed E-state index contributed by atoms with van der Waals surface area (Å²) in [6.45, 7) is 2.28. The highest BCUT2D eigenvalue weighted by molar-refractivity contribution is 6.08. The van der Waals surface area contributed by atoms with Gasteiger partial charge in [0, 0.05) is 5.56 Å². The Bertz CT molecular complexity index is 799. The van der Waals surface area contributed by atoms with Crippen LogP contribution in [0, 0.1) is 0 Å². The summed E-state index contributed by atoms with van der Waals surface area (Å²) in [6, 6.07) is 9.38. The number of hydrogen-bond donors (Lipinski definition) is 2. The Morgan fingerprint density at radius 3 is 1.72 bits per heavy atom. The van der Waals surface area contributed by atoms with E-state index in [1.54, 1.807) is 6.07 Å². The van der Waals surface area contributed by atoms with E-state index >= 15 is 0 Å². The maximum absolute atomic E-state index is 12.1. The molecule has 0 radical (unpaired) electrons. The van der Waals surface area contributed by atoms with E-state index in [-0.39, 0.29) is 5.75 Å². The number of carbonyl (C=O) groups excluding carboxylic acids is 1. The molecule has 0 aliphatic heterocycles. The molecule has 2 rings (SSSR count). The van der Waals surface area contributed by atoms with Crippen molar-refractivity contribution in [3.63, 3.8) is 0 Å². The highest BCUT2D eigenvalue weighted by atomic mass is 16.3. The number of carbonyl (C=O) groups is 1. The van der Waals surface area contributed by atoms with Crippen molar-refractivity contribution >= 4 is 16.7 Å². The maximum Gasteiger partial charge on any atom is 0.249 e. The number of amides is 1. The number of fused-ring (bicyclic) bond motifs is 1. The molecular weight excluding hydrogens is 394 g/mol. The lowest BCUT2D eigenvalue weighted by atomic mass is 9.93. The van der Waals surface area contributed by atoms with Crippen LogP contribution >= 0.6 is 0 Å². The lowest BCUT2D eigenvalue weighted by molar-refractivity contribution is 0.100. The summed E-state index contributed by atoms with van der Waals surface area (Å²) >= 11 is 0. The average Bonchev–Trinajstić information content (AvgIpc) is 2.78. The minimum Gasteiger partial charge on any atom is -0.508 e. The molecule has 0 heterocycles. The van der Waals surface area contributed by atoms with Crippen LogP contribution in [0.25, 0.3) is 10.8 Å². The normalized spacial score (nSPS) is 11.3. The fourth-order valence-corrected chi connectivity index (χ4v) is 4.76. The predicted octanol–water partition coefficient (Wildman–Crippen LogP) is 8.45. The molecule has 0 saturated heterocycles. The van der Waals surface area contributed by atoms with E-state index < -0.39 is 5.91 Å². The second kappa shape index (κ2) is 15.7. The van der Waals surface area contributed by atoms with Crippen molar-refractivity contribution in [2.75, 3.05) is 0 Å². The molecule has 178 valence electrons. The quantitative estimate of drug-likeness (QED) is 0.229. The maximum atomic E-state index is 12.1. The summed E-state index contributed by atoms with van der Waals surface area (Å²) in [5.74, 6) is -0.262. The molecule has 0 aliphatic carbocycles. The number of primary amides is 1. The van der Waals surface area contributed by atoms with Gasteiger partial charge in [-0.25, -0.2) is 0 Å². The van der Waals surface area contributed by atoms with E-state index in [0.717, 1.165) is 23.6 Å². The van der Waals surface area contributed by atoms with Crippen molar-refractivity contribution in [2.24, 2.45) is 5.73 Å². The number of unbranched alkanes of at least 4 members (excludes halogenated alkanes) is 15. The second-order valence-corrected chi connectivity index (χ2v) is 9.39. The molecule has 0 aromatic heterocycles. The zero-order valence-corrected chi connectivity index (χ0v) is 20.3. The van der Waals surface area contributed by atoms with Gasteiger partial charge in [-0.15, -0.1) is 0 Å². The van der Waals surface area contributed by atoms with Crippen LogP contribution in [0.4, 0.5) is 0 Å². The van der Waals surface area contributed by atoms with Crippen LogP contribution in [-0.2, 0) is 6.42 Å². The largest absolute Gasteiger partial charge is 0.508 e. The molecule has 2 aromatic rings. The standard InChI is InChI=1S/C29H45NO2/c1-2-3-4-5-6-7-8-9-10-11-12-13-14-15-16-17-22-26-27(31)23-24-20-18-19-21-25(24)28(26)29(30)32/h18-21,23,31H,2-17,22H2,1H3,(H2,30,32). The SMILES string of the molecule is CCCCCCCCCCCCCCCCCCc1c(O)cc2ccccc2c1C(N)=O. The minimum absolute atomic E-state index is 0.193. The Morgan fingerprint density at radius 2 is 1.22 bits per heavy atom. The van der Waals surface area contributed by atoms with Gasteiger partial charge in [-0.1, -0.05) is 128 Å². The van der Waals surface area contributed by atoms with E-state index in [4.69, 9.17) is 5.73 Å². The third-order valence-electron chi connectivity index (χ3n) is 6.66. The van der Waals surface area contributed by atoms with E-state index in [1.165, 1.54) is 89.9 Å². The summed E-state index contributed by atoms with van der Waals surface area (Å²) < 4.78 is 0. The molecule has 3 nitrogen and oxygen atoms in total. The number of benzene rings is 2. The molecular formula is C29H45NO2. The van der Waals surface area contributed by atoms with E-state index in [1.807, 2.05) is 24.3 Å². The lowest BCUT2D eigenvalue weighted by Gasteiger charge is -2.13. The first-order valence-corrected chi connectivity index (χ1v) is 13.2. The molecule has 0 bridgehead atoms. The van der Waals surface area contributed by atoms with E-state index in [0.29, 0.717) is 17.5 Å². The van der Waals surface area contributed by atoms with Crippen molar-refractivity contribution in [2.45, 2.75) is 116 Å². The smallest absolute Gasteiger partial charge is 0.249 e.